The summed E-state index contributed by atoms with van der Waals surface area (Å²) < 4.78 is 6.68. The van der Waals surface area contributed by atoms with Crippen molar-refractivity contribution >= 4 is 17.5 Å². The van der Waals surface area contributed by atoms with Gasteiger partial charge in [0.05, 0.1) is 19.0 Å². The van der Waals surface area contributed by atoms with Crippen molar-refractivity contribution in [2.45, 2.75) is 6.54 Å². The summed E-state index contributed by atoms with van der Waals surface area (Å²) in [5.41, 5.74) is 1.96. The van der Waals surface area contributed by atoms with Crippen molar-refractivity contribution in [3.63, 3.8) is 0 Å². The molecular weight excluding hydrogens is 328 g/mol. The van der Waals surface area contributed by atoms with Gasteiger partial charge in [0.25, 0.3) is 5.91 Å². The summed E-state index contributed by atoms with van der Waals surface area (Å²) >= 11 is 5.86. The third-order valence-corrected chi connectivity index (χ3v) is 3.66. The van der Waals surface area contributed by atoms with Gasteiger partial charge in [-0.15, -0.1) is 5.10 Å². The molecular formula is C17H15ClN4O2. The van der Waals surface area contributed by atoms with Crippen molar-refractivity contribution in [3.05, 3.63) is 71.0 Å². The second kappa shape index (κ2) is 7.14. The monoisotopic (exact) mass is 342 g/mol. The molecule has 1 N–H and O–H groups in total. The van der Waals surface area contributed by atoms with Gasteiger partial charge < -0.3 is 10.1 Å². The summed E-state index contributed by atoms with van der Waals surface area (Å²) in [5, 5.41) is 11.3. The van der Waals surface area contributed by atoms with Crippen molar-refractivity contribution in [1.29, 1.82) is 0 Å². The van der Waals surface area contributed by atoms with Gasteiger partial charge in [-0.05, 0) is 42.0 Å². The van der Waals surface area contributed by atoms with Crippen LogP contribution >= 0.6 is 11.6 Å². The van der Waals surface area contributed by atoms with Gasteiger partial charge in [0.2, 0.25) is 0 Å². The van der Waals surface area contributed by atoms with E-state index in [0.717, 1.165) is 17.0 Å². The molecule has 0 bridgehead atoms. The van der Waals surface area contributed by atoms with E-state index in [1.165, 1.54) is 4.68 Å². The maximum absolute atomic E-state index is 12.2. The number of hydrogen-bond acceptors (Lipinski definition) is 4. The Morgan fingerprint density at radius 3 is 2.79 bits per heavy atom. The average Bonchev–Trinajstić information content (AvgIpc) is 3.10. The number of carbonyl (C=O) groups is 1. The molecule has 0 radical (unpaired) electrons. The molecule has 0 aliphatic heterocycles. The first-order valence-corrected chi connectivity index (χ1v) is 7.63. The zero-order chi connectivity index (χ0) is 16.9. The molecule has 2 aromatic carbocycles. The Bertz CT molecular complexity index is 846. The largest absolute Gasteiger partial charge is 0.497 e. The lowest BCUT2D eigenvalue weighted by Crippen LogP contribution is -2.23. The lowest BCUT2D eigenvalue weighted by Gasteiger charge is -2.05. The van der Waals surface area contributed by atoms with Gasteiger partial charge in [0.1, 0.15) is 5.75 Å². The van der Waals surface area contributed by atoms with Crippen LogP contribution < -0.4 is 10.1 Å². The number of nitrogens with zero attached hydrogens (tertiary/aromatic N) is 3. The fraction of sp³-hybridized carbons (Fsp3) is 0.118. The number of amides is 1. The van der Waals surface area contributed by atoms with Gasteiger partial charge >= 0.3 is 0 Å². The van der Waals surface area contributed by atoms with Crippen LogP contribution in [0.2, 0.25) is 5.02 Å². The highest BCUT2D eigenvalue weighted by atomic mass is 35.5. The van der Waals surface area contributed by atoms with Crippen molar-refractivity contribution < 1.29 is 9.53 Å². The standard InChI is InChI=1S/C17H15ClN4O2/c1-24-15-4-2-3-12(9-15)10-19-17(23)16-11-22(21-20-16)14-7-5-13(18)6-8-14/h2-9,11H,10H2,1H3,(H,19,23). The number of halogens is 1. The highest BCUT2D eigenvalue weighted by Crippen LogP contribution is 2.14. The van der Waals surface area contributed by atoms with Crippen LogP contribution in [-0.2, 0) is 6.54 Å². The summed E-state index contributed by atoms with van der Waals surface area (Å²) in [5.74, 6) is 0.452. The Labute approximate surface area is 144 Å². The number of ether oxygens (including phenoxy) is 1. The van der Waals surface area contributed by atoms with Gasteiger partial charge in [-0.3, -0.25) is 4.79 Å². The lowest BCUT2D eigenvalue weighted by molar-refractivity contribution is 0.0946. The van der Waals surface area contributed by atoms with Gasteiger partial charge in [-0.2, -0.15) is 0 Å². The molecule has 1 amide bonds. The SMILES string of the molecule is COc1cccc(CNC(=O)c2cn(-c3ccc(Cl)cc3)nn2)c1. The number of rotatable bonds is 5. The van der Waals surface area contributed by atoms with Crippen LogP contribution in [0.3, 0.4) is 0 Å². The Kier molecular flexibility index (Phi) is 4.77. The zero-order valence-corrected chi connectivity index (χ0v) is 13.7. The Morgan fingerprint density at radius 2 is 2.04 bits per heavy atom. The van der Waals surface area contributed by atoms with Crippen LogP contribution in [0.15, 0.2) is 54.7 Å². The van der Waals surface area contributed by atoms with Crippen molar-refractivity contribution in [2.75, 3.05) is 7.11 Å². The summed E-state index contributed by atoms with van der Waals surface area (Å²) in [6.45, 7) is 0.379. The minimum Gasteiger partial charge on any atom is -0.497 e. The number of hydrogen-bond donors (Lipinski definition) is 1. The second-order valence-corrected chi connectivity index (χ2v) is 5.50. The number of methoxy groups -OCH3 is 1. The van der Waals surface area contributed by atoms with E-state index in [4.69, 9.17) is 16.3 Å². The molecule has 0 aliphatic carbocycles. The summed E-state index contributed by atoms with van der Waals surface area (Å²) in [6, 6.07) is 14.6. The van der Waals surface area contributed by atoms with Crippen molar-refractivity contribution in [2.24, 2.45) is 0 Å². The number of carbonyl (C=O) groups excluding carboxylic acids is 1. The van der Waals surface area contributed by atoms with E-state index in [-0.39, 0.29) is 11.6 Å². The van der Waals surface area contributed by atoms with E-state index >= 15 is 0 Å². The van der Waals surface area contributed by atoms with Crippen LogP contribution in [0.25, 0.3) is 5.69 Å². The van der Waals surface area contributed by atoms with Crippen LogP contribution in [-0.4, -0.2) is 28.0 Å². The molecule has 24 heavy (non-hydrogen) atoms. The molecule has 0 aliphatic rings. The summed E-state index contributed by atoms with van der Waals surface area (Å²) in [6.07, 6.45) is 1.57. The third kappa shape index (κ3) is 3.72. The highest BCUT2D eigenvalue weighted by molar-refractivity contribution is 6.30. The molecule has 0 saturated carbocycles. The fourth-order valence-corrected chi connectivity index (χ4v) is 2.27. The predicted octanol–water partition coefficient (Wildman–Crippen LogP) is 2.86. The first kappa shape index (κ1) is 16.0. The van der Waals surface area contributed by atoms with E-state index < -0.39 is 0 Å². The predicted molar refractivity (Wildman–Crippen MR) is 90.5 cm³/mol. The molecule has 7 heteroatoms. The smallest absolute Gasteiger partial charge is 0.273 e. The number of aromatic nitrogens is 3. The molecule has 0 spiro atoms. The molecule has 1 heterocycles. The topological polar surface area (TPSA) is 69.0 Å². The molecule has 1 aromatic heterocycles. The van der Waals surface area contributed by atoms with Gasteiger partial charge in [0, 0.05) is 11.6 Å². The lowest BCUT2D eigenvalue weighted by atomic mass is 10.2. The second-order valence-electron chi connectivity index (χ2n) is 5.06. The van der Waals surface area contributed by atoms with Crippen LogP contribution in [0, 0.1) is 0 Å². The van der Waals surface area contributed by atoms with E-state index in [1.54, 1.807) is 37.6 Å². The average molecular weight is 343 g/mol. The maximum atomic E-state index is 12.2. The minimum absolute atomic E-state index is 0.243. The van der Waals surface area contributed by atoms with Gasteiger partial charge in [0.15, 0.2) is 5.69 Å². The maximum Gasteiger partial charge on any atom is 0.273 e. The molecule has 0 fully saturated rings. The first-order chi connectivity index (χ1) is 11.7. The number of benzene rings is 2. The Hall–Kier alpha value is -2.86. The zero-order valence-electron chi connectivity index (χ0n) is 12.9. The summed E-state index contributed by atoms with van der Waals surface area (Å²) in [7, 11) is 1.60. The molecule has 3 rings (SSSR count). The molecule has 6 nitrogen and oxygen atoms in total. The molecule has 3 aromatic rings. The third-order valence-electron chi connectivity index (χ3n) is 3.40. The van der Waals surface area contributed by atoms with E-state index in [0.29, 0.717) is 11.6 Å². The van der Waals surface area contributed by atoms with Crippen molar-refractivity contribution in [1.82, 2.24) is 20.3 Å². The van der Waals surface area contributed by atoms with E-state index in [9.17, 15) is 4.79 Å². The molecule has 0 unspecified atom stereocenters. The Balaban J connectivity index is 1.66. The number of nitrogens with one attached hydrogen (secondary N) is 1. The van der Waals surface area contributed by atoms with Gasteiger partial charge in [-0.1, -0.05) is 28.9 Å². The first-order valence-electron chi connectivity index (χ1n) is 7.25. The molecule has 0 atom stereocenters. The molecule has 122 valence electrons. The minimum atomic E-state index is -0.293. The fourth-order valence-electron chi connectivity index (χ4n) is 2.14. The van der Waals surface area contributed by atoms with Crippen LogP contribution in [0.5, 0.6) is 5.75 Å². The van der Waals surface area contributed by atoms with Crippen molar-refractivity contribution in [3.8, 4) is 11.4 Å². The normalized spacial score (nSPS) is 10.4. The quantitative estimate of drug-likeness (QED) is 0.774. The van der Waals surface area contributed by atoms with Gasteiger partial charge in [-0.25, -0.2) is 4.68 Å². The van der Waals surface area contributed by atoms with E-state index in [1.807, 2.05) is 24.3 Å². The van der Waals surface area contributed by atoms with E-state index in [2.05, 4.69) is 15.6 Å². The highest BCUT2D eigenvalue weighted by Gasteiger charge is 2.11. The molecule has 0 saturated heterocycles. The van der Waals surface area contributed by atoms with Crippen LogP contribution in [0.4, 0.5) is 0 Å². The Morgan fingerprint density at radius 1 is 1.25 bits per heavy atom. The summed E-state index contributed by atoms with van der Waals surface area (Å²) in [4.78, 5) is 12.2. The van der Waals surface area contributed by atoms with Crippen LogP contribution in [0.1, 0.15) is 16.1 Å².